The lowest BCUT2D eigenvalue weighted by Crippen LogP contribution is -2.10. The maximum atomic E-state index is 12.7. The molecule has 40 heavy (non-hydrogen) atoms. The van der Waals surface area contributed by atoms with Gasteiger partial charge in [0, 0.05) is 26.3 Å². The first-order chi connectivity index (χ1) is 19.3. The van der Waals surface area contributed by atoms with Gasteiger partial charge in [0.2, 0.25) is 0 Å². The predicted octanol–water partition coefficient (Wildman–Crippen LogP) is 11.1. The Kier molecular flexibility index (Phi) is 11.1. The van der Waals surface area contributed by atoms with E-state index in [1.54, 1.807) is 12.1 Å². The van der Waals surface area contributed by atoms with Crippen LogP contribution in [-0.2, 0) is 16.4 Å². The fraction of sp³-hybridized carbons (Fsp3) is 0.412. The average molecular weight is 688 g/mol. The van der Waals surface area contributed by atoms with Gasteiger partial charge in [-0.15, -0.1) is 0 Å². The van der Waals surface area contributed by atoms with Crippen molar-refractivity contribution in [1.82, 2.24) is 4.57 Å². The zero-order chi connectivity index (χ0) is 28.7. The SMILES string of the molecule is CCCCCCS(=O)(=O)c1ccc(/C=C/c2cc3c4ccc(Br)cc4n(CC(CC)CCCC)c3cc2Br)cc1. The van der Waals surface area contributed by atoms with E-state index >= 15 is 0 Å². The molecule has 1 aromatic heterocycles. The first-order valence-corrected chi connectivity index (χ1v) is 17.9. The minimum atomic E-state index is -3.23. The number of sulfone groups is 1. The highest BCUT2D eigenvalue weighted by Crippen LogP contribution is 2.36. The lowest BCUT2D eigenvalue weighted by Gasteiger charge is -2.17. The van der Waals surface area contributed by atoms with Crippen LogP contribution in [0.3, 0.4) is 0 Å². The molecule has 0 saturated heterocycles. The summed E-state index contributed by atoms with van der Waals surface area (Å²) in [6.45, 7) is 7.72. The summed E-state index contributed by atoms with van der Waals surface area (Å²) >= 11 is 7.53. The Morgan fingerprint density at radius 2 is 1.52 bits per heavy atom. The topological polar surface area (TPSA) is 39.1 Å². The van der Waals surface area contributed by atoms with Gasteiger partial charge >= 0.3 is 0 Å². The minimum absolute atomic E-state index is 0.219. The third kappa shape index (κ3) is 7.49. The third-order valence-electron chi connectivity index (χ3n) is 7.89. The number of aromatic nitrogens is 1. The quantitative estimate of drug-likeness (QED) is 0.0978. The first kappa shape index (κ1) is 31.1. The maximum Gasteiger partial charge on any atom is 0.178 e. The molecule has 6 heteroatoms. The molecule has 0 aliphatic carbocycles. The largest absolute Gasteiger partial charge is 0.340 e. The van der Waals surface area contributed by atoms with E-state index in [9.17, 15) is 8.42 Å². The van der Waals surface area contributed by atoms with Gasteiger partial charge in [-0.3, -0.25) is 0 Å². The molecule has 3 aromatic carbocycles. The molecular formula is C34H41Br2NO2S. The summed E-state index contributed by atoms with van der Waals surface area (Å²) in [6, 6.07) is 18.4. The second-order valence-electron chi connectivity index (χ2n) is 10.9. The molecule has 0 spiro atoms. The second-order valence-corrected chi connectivity index (χ2v) is 14.7. The van der Waals surface area contributed by atoms with E-state index < -0.39 is 9.84 Å². The molecule has 0 fully saturated rings. The summed E-state index contributed by atoms with van der Waals surface area (Å²) in [5.41, 5.74) is 4.59. The van der Waals surface area contributed by atoms with Crippen LogP contribution < -0.4 is 0 Å². The molecule has 4 rings (SSSR count). The molecule has 0 aliphatic rings. The third-order valence-corrected chi connectivity index (χ3v) is 10.9. The molecule has 0 saturated carbocycles. The molecule has 0 amide bonds. The van der Waals surface area contributed by atoms with Gasteiger partial charge in [-0.05, 0) is 66.3 Å². The fourth-order valence-corrected chi connectivity index (χ4v) is 7.60. The molecule has 1 unspecified atom stereocenters. The van der Waals surface area contributed by atoms with E-state index in [1.165, 1.54) is 47.5 Å². The molecule has 0 bridgehead atoms. The van der Waals surface area contributed by atoms with Crippen molar-refractivity contribution < 1.29 is 8.42 Å². The van der Waals surface area contributed by atoms with E-state index in [-0.39, 0.29) is 5.75 Å². The van der Waals surface area contributed by atoms with Crippen molar-refractivity contribution in [3.63, 3.8) is 0 Å². The van der Waals surface area contributed by atoms with Gasteiger partial charge < -0.3 is 4.57 Å². The smallest absolute Gasteiger partial charge is 0.178 e. The molecule has 4 aromatic rings. The molecule has 1 atom stereocenters. The number of halogens is 2. The first-order valence-electron chi connectivity index (χ1n) is 14.7. The van der Waals surface area contributed by atoms with Crippen LogP contribution in [0.4, 0.5) is 0 Å². The van der Waals surface area contributed by atoms with Gasteiger partial charge in [0.1, 0.15) is 0 Å². The Bertz CT molecular complexity index is 1570. The van der Waals surface area contributed by atoms with Gasteiger partial charge in [-0.1, -0.05) is 122 Å². The van der Waals surface area contributed by atoms with Crippen molar-refractivity contribution in [2.75, 3.05) is 5.75 Å². The molecule has 3 nitrogen and oxygen atoms in total. The number of hydrogen-bond acceptors (Lipinski definition) is 2. The highest BCUT2D eigenvalue weighted by Gasteiger charge is 2.17. The average Bonchev–Trinajstić information content (AvgIpc) is 3.23. The molecular weight excluding hydrogens is 646 g/mol. The van der Waals surface area contributed by atoms with Crippen molar-refractivity contribution in [2.45, 2.75) is 83.6 Å². The Labute approximate surface area is 257 Å². The van der Waals surface area contributed by atoms with E-state index in [4.69, 9.17) is 0 Å². The zero-order valence-corrected chi connectivity index (χ0v) is 27.9. The lowest BCUT2D eigenvalue weighted by atomic mass is 9.99. The van der Waals surface area contributed by atoms with Crippen molar-refractivity contribution >= 4 is 75.7 Å². The van der Waals surface area contributed by atoms with Crippen LogP contribution >= 0.6 is 31.9 Å². The standard InChI is InChI=1S/C34H41Br2NO2S/c1-4-7-9-10-20-40(38,39)29-17-13-26(14-18-29)12-15-27-21-31-30-19-16-28(35)22-33(30)37(34(31)23-32(27)36)24-25(6-3)11-8-5-2/h12-19,21-23,25H,4-11,20,24H2,1-3H3/b15-12+. The summed E-state index contributed by atoms with van der Waals surface area (Å²) in [7, 11) is -3.23. The number of fused-ring (bicyclic) bond motifs is 3. The van der Waals surface area contributed by atoms with Crippen LogP contribution in [0.25, 0.3) is 34.0 Å². The summed E-state index contributed by atoms with van der Waals surface area (Å²) in [6.07, 6.45) is 13.0. The Hall–Kier alpha value is -1.89. The monoisotopic (exact) mass is 685 g/mol. The number of rotatable bonds is 14. The van der Waals surface area contributed by atoms with E-state index in [0.717, 1.165) is 52.3 Å². The summed E-state index contributed by atoms with van der Waals surface area (Å²) in [4.78, 5) is 0.409. The highest BCUT2D eigenvalue weighted by molar-refractivity contribution is 9.10. The van der Waals surface area contributed by atoms with E-state index in [2.05, 4.69) is 99.7 Å². The Morgan fingerprint density at radius 1 is 0.800 bits per heavy atom. The number of nitrogens with zero attached hydrogens (tertiary/aromatic N) is 1. The van der Waals surface area contributed by atoms with Crippen LogP contribution in [-0.4, -0.2) is 18.7 Å². The van der Waals surface area contributed by atoms with E-state index in [0.29, 0.717) is 10.8 Å². The van der Waals surface area contributed by atoms with E-state index in [1.807, 2.05) is 12.1 Å². The van der Waals surface area contributed by atoms with Crippen molar-refractivity contribution in [3.05, 3.63) is 74.7 Å². The maximum absolute atomic E-state index is 12.7. The van der Waals surface area contributed by atoms with Crippen molar-refractivity contribution in [2.24, 2.45) is 5.92 Å². The second kappa shape index (κ2) is 14.3. The summed E-state index contributed by atoms with van der Waals surface area (Å²) in [5.74, 6) is 0.871. The molecule has 0 aliphatic heterocycles. The fourth-order valence-electron chi connectivity index (χ4n) is 5.41. The lowest BCUT2D eigenvalue weighted by molar-refractivity contribution is 0.401. The number of benzene rings is 3. The van der Waals surface area contributed by atoms with Crippen LogP contribution in [0, 0.1) is 5.92 Å². The van der Waals surface area contributed by atoms with Crippen molar-refractivity contribution in [1.29, 1.82) is 0 Å². The normalized spacial score (nSPS) is 13.1. The highest BCUT2D eigenvalue weighted by atomic mass is 79.9. The number of hydrogen-bond donors (Lipinski definition) is 0. The summed E-state index contributed by atoms with van der Waals surface area (Å²) in [5, 5.41) is 2.51. The van der Waals surface area contributed by atoms with Gasteiger partial charge in [0.05, 0.1) is 21.7 Å². The Morgan fingerprint density at radius 3 is 2.23 bits per heavy atom. The van der Waals surface area contributed by atoms with Gasteiger partial charge in [-0.25, -0.2) is 8.42 Å². The Balaban J connectivity index is 1.62. The number of unbranched alkanes of at least 4 members (excludes halogenated alkanes) is 4. The zero-order valence-electron chi connectivity index (χ0n) is 23.9. The van der Waals surface area contributed by atoms with Crippen LogP contribution in [0.1, 0.15) is 83.3 Å². The van der Waals surface area contributed by atoms with Crippen LogP contribution in [0.5, 0.6) is 0 Å². The van der Waals surface area contributed by atoms with Gasteiger partial charge in [0.15, 0.2) is 9.84 Å². The molecule has 214 valence electrons. The minimum Gasteiger partial charge on any atom is -0.340 e. The molecule has 0 radical (unpaired) electrons. The van der Waals surface area contributed by atoms with Crippen molar-refractivity contribution in [3.8, 4) is 0 Å². The molecule has 0 N–H and O–H groups in total. The predicted molar refractivity (Wildman–Crippen MR) is 180 cm³/mol. The van der Waals surface area contributed by atoms with Crippen LogP contribution in [0.2, 0.25) is 0 Å². The molecule has 1 heterocycles. The van der Waals surface area contributed by atoms with Gasteiger partial charge in [0.25, 0.3) is 0 Å². The summed E-state index contributed by atoms with van der Waals surface area (Å²) < 4.78 is 30.0. The van der Waals surface area contributed by atoms with Crippen LogP contribution in [0.15, 0.2) is 68.4 Å². The van der Waals surface area contributed by atoms with Gasteiger partial charge in [-0.2, -0.15) is 0 Å².